The van der Waals surface area contributed by atoms with Crippen molar-refractivity contribution in [2.24, 2.45) is 5.92 Å². The Morgan fingerprint density at radius 3 is 0.732 bits per heavy atom. The number of carbonyl (C=O) groups excluding carboxylic acids is 4. The molecular formula is C78H152O17P2. The first-order chi connectivity index (χ1) is 47.1. The van der Waals surface area contributed by atoms with E-state index in [-0.39, 0.29) is 25.7 Å². The Labute approximate surface area is 594 Å². The molecule has 0 amide bonds. The Kier molecular flexibility index (Phi) is 69.6. The average Bonchev–Trinajstić information content (AvgIpc) is 1.38. The molecule has 17 nitrogen and oxygen atoms in total. The molecular weight excluding hydrogens is 1270 g/mol. The van der Waals surface area contributed by atoms with Gasteiger partial charge in [0.2, 0.25) is 0 Å². The van der Waals surface area contributed by atoms with E-state index in [4.69, 9.17) is 37.0 Å². The van der Waals surface area contributed by atoms with E-state index in [0.717, 1.165) is 95.8 Å². The molecule has 19 heteroatoms. The Morgan fingerprint density at radius 2 is 0.495 bits per heavy atom. The Morgan fingerprint density at radius 1 is 0.289 bits per heavy atom. The molecule has 0 heterocycles. The van der Waals surface area contributed by atoms with Crippen molar-refractivity contribution in [1.29, 1.82) is 0 Å². The second-order valence-electron chi connectivity index (χ2n) is 28.3. The summed E-state index contributed by atoms with van der Waals surface area (Å²) >= 11 is 0. The van der Waals surface area contributed by atoms with E-state index in [2.05, 4.69) is 34.6 Å². The summed E-state index contributed by atoms with van der Waals surface area (Å²) in [5, 5.41) is 10.6. The predicted octanol–water partition coefficient (Wildman–Crippen LogP) is 23.3. The summed E-state index contributed by atoms with van der Waals surface area (Å²) in [6.07, 6.45) is 60.9. The molecule has 97 heavy (non-hydrogen) atoms. The molecule has 0 saturated heterocycles. The lowest BCUT2D eigenvalue weighted by atomic mass is 9.99. The van der Waals surface area contributed by atoms with Crippen LogP contribution < -0.4 is 0 Å². The van der Waals surface area contributed by atoms with Gasteiger partial charge in [0.15, 0.2) is 12.2 Å². The van der Waals surface area contributed by atoms with Crippen LogP contribution in [0.15, 0.2) is 0 Å². The van der Waals surface area contributed by atoms with Crippen LogP contribution in [-0.2, 0) is 65.4 Å². The highest BCUT2D eigenvalue weighted by Crippen LogP contribution is 2.45. The van der Waals surface area contributed by atoms with Gasteiger partial charge in [-0.15, -0.1) is 0 Å². The van der Waals surface area contributed by atoms with Crippen LogP contribution >= 0.6 is 15.6 Å². The van der Waals surface area contributed by atoms with Crippen molar-refractivity contribution < 1.29 is 80.2 Å². The summed E-state index contributed by atoms with van der Waals surface area (Å²) in [5.41, 5.74) is 0. The lowest BCUT2D eigenvalue weighted by Gasteiger charge is -2.21. The zero-order chi connectivity index (χ0) is 71.2. The van der Waals surface area contributed by atoms with E-state index < -0.39 is 97.5 Å². The lowest BCUT2D eigenvalue weighted by molar-refractivity contribution is -0.161. The highest BCUT2D eigenvalue weighted by atomic mass is 31.2. The molecule has 0 aliphatic rings. The fraction of sp³-hybridized carbons (Fsp3) is 0.949. The number of aliphatic hydroxyl groups excluding tert-OH is 1. The second kappa shape index (κ2) is 71.1. The summed E-state index contributed by atoms with van der Waals surface area (Å²) < 4.78 is 68.5. The van der Waals surface area contributed by atoms with Crippen molar-refractivity contribution in [1.82, 2.24) is 0 Å². The highest BCUT2D eigenvalue weighted by Gasteiger charge is 2.30. The van der Waals surface area contributed by atoms with Crippen LogP contribution in [0.2, 0.25) is 0 Å². The van der Waals surface area contributed by atoms with Gasteiger partial charge >= 0.3 is 39.5 Å². The van der Waals surface area contributed by atoms with Gasteiger partial charge in [-0.1, -0.05) is 362 Å². The summed E-state index contributed by atoms with van der Waals surface area (Å²) in [6, 6.07) is 0. The van der Waals surface area contributed by atoms with Gasteiger partial charge in [-0.25, -0.2) is 9.13 Å². The van der Waals surface area contributed by atoms with Gasteiger partial charge in [-0.2, -0.15) is 0 Å². The fourth-order valence-corrected chi connectivity index (χ4v) is 13.6. The van der Waals surface area contributed by atoms with Crippen molar-refractivity contribution in [3.63, 3.8) is 0 Å². The SMILES string of the molecule is CCCCCCCCCCCCCCCC(=O)OC[C@H](COP(=O)(O)OC[C@@H](O)COP(=O)(O)OC[C@@H](COC(=O)CCCCCCCCCCC)OC(=O)CCCCCCCCCCCCCCC)OC(=O)CCCCCCCCCCCCCCCCCCCCC(C)CC. The molecule has 0 rings (SSSR count). The van der Waals surface area contributed by atoms with Gasteiger partial charge in [0.1, 0.15) is 19.3 Å². The number of esters is 4. The van der Waals surface area contributed by atoms with E-state index in [1.54, 1.807) is 0 Å². The molecule has 0 radical (unpaired) electrons. The number of hydrogen-bond acceptors (Lipinski definition) is 15. The van der Waals surface area contributed by atoms with Crippen molar-refractivity contribution in [3.05, 3.63) is 0 Å². The number of phosphoric ester groups is 2. The highest BCUT2D eigenvalue weighted by molar-refractivity contribution is 7.47. The number of rotatable bonds is 78. The minimum atomic E-state index is -4.96. The van der Waals surface area contributed by atoms with Crippen LogP contribution in [0.1, 0.15) is 413 Å². The molecule has 0 aliphatic carbocycles. The van der Waals surface area contributed by atoms with Gasteiger partial charge in [-0.05, 0) is 31.6 Å². The molecule has 0 aromatic rings. The molecule has 576 valence electrons. The maximum atomic E-state index is 13.1. The number of carbonyl (C=O) groups is 4. The largest absolute Gasteiger partial charge is 0.472 e. The Hall–Kier alpha value is -1.94. The van der Waals surface area contributed by atoms with Crippen molar-refractivity contribution in [2.75, 3.05) is 39.6 Å². The first-order valence-corrected chi connectivity index (χ1v) is 43.7. The van der Waals surface area contributed by atoms with Gasteiger partial charge in [0, 0.05) is 25.7 Å². The topological polar surface area (TPSA) is 237 Å². The molecule has 0 spiro atoms. The minimum Gasteiger partial charge on any atom is -0.462 e. The zero-order valence-electron chi connectivity index (χ0n) is 63.2. The molecule has 0 fully saturated rings. The molecule has 0 aromatic carbocycles. The fourth-order valence-electron chi connectivity index (χ4n) is 12.0. The number of phosphoric acid groups is 2. The lowest BCUT2D eigenvalue weighted by Crippen LogP contribution is -2.30. The summed E-state index contributed by atoms with van der Waals surface area (Å²) in [4.78, 5) is 72.8. The normalized spacial score (nSPS) is 14.2. The quantitative estimate of drug-likeness (QED) is 0.0222. The van der Waals surface area contributed by atoms with Crippen molar-refractivity contribution >= 4 is 39.5 Å². The third-order valence-electron chi connectivity index (χ3n) is 18.6. The first kappa shape index (κ1) is 95.1. The van der Waals surface area contributed by atoms with E-state index >= 15 is 0 Å². The summed E-state index contributed by atoms with van der Waals surface area (Å²) in [7, 11) is -9.91. The Bertz CT molecular complexity index is 1860. The number of unbranched alkanes of at least 4 members (excludes halogenated alkanes) is 49. The van der Waals surface area contributed by atoms with Crippen molar-refractivity contribution in [3.8, 4) is 0 Å². The van der Waals surface area contributed by atoms with Crippen LogP contribution in [0.5, 0.6) is 0 Å². The van der Waals surface area contributed by atoms with E-state index in [9.17, 15) is 43.2 Å². The maximum absolute atomic E-state index is 13.1. The first-order valence-electron chi connectivity index (χ1n) is 40.7. The van der Waals surface area contributed by atoms with E-state index in [0.29, 0.717) is 25.7 Å². The second-order valence-corrected chi connectivity index (χ2v) is 31.3. The summed E-state index contributed by atoms with van der Waals surface area (Å²) in [6.45, 7) is 7.36. The summed E-state index contributed by atoms with van der Waals surface area (Å²) in [5.74, 6) is -1.24. The van der Waals surface area contributed by atoms with Gasteiger partial charge in [-0.3, -0.25) is 37.3 Å². The zero-order valence-corrected chi connectivity index (χ0v) is 65.0. The molecule has 3 N–H and O–H groups in total. The predicted molar refractivity (Wildman–Crippen MR) is 395 cm³/mol. The number of aliphatic hydroxyl groups is 1. The molecule has 3 unspecified atom stereocenters. The van der Waals surface area contributed by atoms with Crippen molar-refractivity contribution in [2.45, 2.75) is 432 Å². The molecule has 0 aliphatic heterocycles. The van der Waals surface area contributed by atoms with Gasteiger partial charge in [0.25, 0.3) is 0 Å². The number of hydrogen-bond donors (Lipinski definition) is 3. The van der Waals surface area contributed by atoms with Gasteiger partial charge < -0.3 is 33.8 Å². The van der Waals surface area contributed by atoms with Crippen LogP contribution in [0.25, 0.3) is 0 Å². The third-order valence-corrected chi connectivity index (χ3v) is 20.5. The van der Waals surface area contributed by atoms with Gasteiger partial charge in [0.05, 0.1) is 26.4 Å². The Balaban J connectivity index is 5.18. The minimum absolute atomic E-state index is 0.108. The molecule has 0 bridgehead atoms. The smallest absolute Gasteiger partial charge is 0.462 e. The third kappa shape index (κ3) is 70.9. The molecule has 6 atom stereocenters. The van der Waals surface area contributed by atoms with Crippen LogP contribution in [0.4, 0.5) is 0 Å². The van der Waals surface area contributed by atoms with E-state index in [1.165, 1.54) is 238 Å². The monoisotopic (exact) mass is 1420 g/mol. The average molecular weight is 1420 g/mol. The van der Waals surface area contributed by atoms with Crippen LogP contribution in [0.3, 0.4) is 0 Å². The standard InChI is InChI=1S/C78H152O17P2/c1-6-10-13-16-19-22-24-32-37-42-47-52-57-62-76(81)89-68-74(95-78(83)64-59-54-49-44-39-35-31-29-27-26-28-30-34-36-41-45-50-55-60-71(5)9-4)70-93-97(86,87)91-66-72(79)65-90-96(84,85)92-69-73(67-88-75(80)61-56-51-46-40-21-18-15-12-8-3)94-77(82)63-58-53-48-43-38-33-25-23-20-17-14-11-7-2/h71-74,79H,6-70H2,1-5H3,(H,84,85)(H,86,87)/t71?,72-,73+,74+/m0/s1. The molecule has 0 saturated carbocycles. The maximum Gasteiger partial charge on any atom is 0.472 e. The molecule has 0 aromatic heterocycles. The van der Waals surface area contributed by atoms with Crippen LogP contribution in [0, 0.1) is 5.92 Å². The van der Waals surface area contributed by atoms with Crippen LogP contribution in [-0.4, -0.2) is 96.7 Å². The number of ether oxygens (including phenoxy) is 4. The van der Waals surface area contributed by atoms with E-state index in [1.807, 2.05) is 0 Å².